The zero-order chi connectivity index (χ0) is 13.8. The molecule has 1 aliphatic rings. The molecule has 1 aliphatic carbocycles. The fourth-order valence-electron chi connectivity index (χ4n) is 2.40. The van der Waals surface area contributed by atoms with Crippen LogP contribution >= 0.6 is 11.8 Å². The summed E-state index contributed by atoms with van der Waals surface area (Å²) < 4.78 is 13.7. The Kier molecular flexibility index (Phi) is 4.63. The van der Waals surface area contributed by atoms with Crippen molar-refractivity contribution in [3.05, 3.63) is 34.1 Å². The lowest BCUT2D eigenvalue weighted by Gasteiger charge is -2.28. The molecule has 0 bridgehead atoms. The fraction of sp³-hybridized carbons (Fsp3) is 0.538. The molecule has 4 nitrogen and oxygen atoms in total. The fourth-order valence-corrected chi connectivity index (χ4v) is 3.14. The van der Waals surface area contributed by atoms with Crippen LogP contribution < -0.4 is 5.32 Å². The lowest BCUT2D eigenvalue weighted by molar-refractivity contribution is -0.385. The number of nitro benzene ring substituents is 1. The van der Waals surface area contributed by atoms with E-state index >= 15 is 0 Å². The molecule has 1 fully saturated rings. The van der Waals surface area contributed by atoms with Crippen molar-refractivity contribution in [3.8, 4) is 0 Å². The van der Waals surface area contributed by atoms with Crippen LogP contribution in [0, 0.1) is 15.9 Å². The second kappa shape index (κ2) is 6.23. The number of benzene rings is 1. The second-order valence-electron chi connectivity index (χ2n) is 4.77. The van der Waals surface area contributed by atoms with Gasteiger partial charge in [0.15, 0.2) is 5.82 Å². The van der Waals surface area contributed by atoms with Gasteiger partial charge in [0.1, 0.15) is 0 Å². The summed E-state index contributed by atoms with van der Waals surface area (Å²) in [7, 11) is 0. The molecule has 0 saturated heterocycles. The van der Waals surface area contributed by atoms with Crippen molar-refractivity contribution in [1.82, 2.24) is 0 Å². The van der Waals surface area contributed by atoms with Gasteiger partial charge >= 0.3 is 0 Å². The summed E-state index contributed by atoms with van der Waals surface area (Å²) in [6.07, 6.45) is 6.42. The Hall–Kier alpha value is -1.30. The first-order chi connectivity index (χ1) is 9.10. The van der Waals surface area contributed by atoms with E-state index in [9.17, 15) is 14.5 Å². The standard InChI is InChI=1S/C13H17FN2O2S/c1-19-11-5-2-9(3-6-11)15-13-7-4-10(16(17)18)8-12(13)14/h4,7-9,11,15H,2-3,5-6H2,1H3. The number of thioether (sulfide) groups is 1. The van der Waals surface area contributed by atoms with Crippen LogP contribution in [0.1, 0.15) is 25.7 Å². The molecule has 0 spiro atoms. The van der Waals surface area contributed by atoms with Gasteiger partial charge in [-0.25, -0.2) is 4.39 Å². The molecule has 104 valence electrons. The third-order valence-electron chi connectivity index (χ3n) is 3.53. The first kappa shape index (κ1) is 14.1. The third-order valence-corrected chi connectivity index (χ3v) is 4.67. The van der Waals surface area contributed by atoms with E-state index in [0.29, 0.717) is 10.9 Å². The molecule has 0 aromatic heterocycles. The molecule has 1 aromatic carbocycles. The van der Waals surface area contributed by atoms with Gasteiger partial charge < -0.3 is 5.32 Å². The lowest BCUT2D eigenvalue weighted by atomic mass is 9.95. The maximum atomic E-state index is 13.7. The zero-order valence-electron chi connectivity index (χ0n) is 10.8. The summed E-state index contributed by atoms with van der Waals surface area (Å²) in [4.78, 5) is 9.95. The van der Waals surface area contributed by atoms with E-state index in [1.165, 1.54) is 12.1 Å². The Labute approximate surface area is 115 Å². The number of hydrogen-bond acceptors (Lipinski definition) is 4. The van der Waals surface area contributed by atoms with Gasteiger partial charge in [-0.3, -0.25) is 10.1 Å². The van der Waals surface area contributed by atoms with Crippen LogP contribution in [-0.4, -0.2) is 22.5 Å². The molecule has 19 heavy (non-hydrogen) atoms. The molecule has 0 heterocycles. The number of nitrogens with zero attached hydrogens (tertiary/aromatic N) is 1. The van der Waals surface area contributed by atoms with Crippen LogP contribution in [0.5, 0.6) is 0 Å². The monoisotopic (exact) mass is 284 g/mol. The van der Waals surface area contributed by atoms with Gasteiger partial charge in [0.25, 0.3) is 5.69 Å². The summed E-state index contributed by atoms with van der Waals surface area (Å²) in [6.45, 7) is 0. The predicted molar refractivity (Wildman–Crippen MR) is 76.2 cm³/mol. The van der Waals surface area contributed by atoms with Gasteiger partial charge in [-0.15, -0.1) is 0 Å². The first-order valence-electron chi connectivity index (χ1n) is 6.33. The molecule has 1 saturated carbocycles. The number of non-ortho nitro benzene ring substituents is 1. The molecular weight excluding hydrogens is 267 g/mol. The molecule has 1 N–H and O–H groups in total. The molecular formula is C13H17FN2O2S. The van der Waals surface area contributed by atoms with Gasteiger partial charge in [0.2, 0.25) is 0 Å². The van der Waals surface area contributed by atoms with Crippen molar-refractivity contribution in [2.75, 3.05) is 11.6 Å². The average Bonchev–Trinajstić information content (AvgIpc) is 2.41. The average molecular weight is 284 g/mol. The van der Waals surface area contributed by atoms with Gasteiger partial charge in [0.05, 0.1) is 16.7 Å². The van der Waals surface area contributed by atoms with E-state index in [0.717, 1.165) is 31.7 Å². The molecule has 0 atom stereocenters. The number of hydrogen-bond donors (Lipinski definition) is 1. The number of rotatable bonds is 4. The Morgan fingerprint density at radius 2 is 2.05 bits per heavy atom. The van der Waals surface area contributed by atoms with Crippen molar-refractivity contribution in [1.29, 1.82) is 0 Å². The van der Waals surface area contributed by atoms with Crippen LogP contribution in [0.3, 0.4) is 0 Å². The lowest BCUT2D eigenvalue weighted by Crippen LogP contribution is -2.27. The summed E-state index contributed by atoms with van der Waals surface area (Å²) in [5.41, 5.74) is 0.146. The first-order valence-corrected chi connectivity index (χ1v) is 7.62. The minimum absolute atomic E-state index is 0.214. The van der Waals surface area contributed by atoms with Crippen LogP contribution in [0.2, 0.25) is 0 Å². The maximum Gasteiger partial charge on any atom is 0.272 e. The van der Waals surface area contributed by atoms with Crippen LogP contribution in [0.25, 0.3) is 0 Å². The molecule has 0 aliphatic heterocycles. The Morgan fingerprint density at radius 3 is 2.58 bits per heavy atom. The SMILES string of the molecule is CSC1CCC(Nc2ccc([N+](=O)[O-])cc2F)CC1. The van der Waals surface area contributed by atoms with Gasteiger partial charge in [-0.1, -0.05) is 0 Å². The highest BCUT2D eigenvalue weighted by Gasteiger charge is 2.21. The molecule has 1 aromatic rings. The molecule has 2 rings (SSSR count). The van der Waals surface area contributed by atoms with Gasteiger partial charge in [-0.05, 0) is 38.0 Å². The van der Waals surface area contributed by atoms with Crippen LogP contribution in [0.15, 0.2) is 18.2 Å². The summed E-state index contributed by atoms with van der Waals surface area (Å²) in [5.74, 6) is -0.554. The maximum absolute atomic E-state index is 13.7. The summed E-state index contributed by atoms with van der Waals surface area (Å²) in [5, 5.41) is 14.4. The number of nitro groups is 1. The highest BCUT2D eigenvalue weighted by atomic mass is 32.2. The van der Waals surface area contributed by atoms with Crippen molar-refractivity contribution >= 4 is 23.1 Å². The Balaban J connectivity index is 1.98. The number of anilines is 1. The molecule has 0 unspecified atom stereocenters. The smallest absolute Gasteiger partial charge is 0.272 e. The highest BCUT2D eigenvalue weighted by molar-refractivity contribution is 7.99. The van der Waals surface area contributed by atoms with E-state index in [4.69, 9.17) is 0 Å². The number of nitrogens with one attached hydrogen (secondary N) is 1. The molecule has 0 amide bonds. The minimum atomic E-state index is -0.587. The topological polar surface area (TPSA) is 55.2 Å². The van der Waals surface area contributed by atoms with Crippen LogP contribution in [0.4, 0.5) is 15.8 Å². The van der Waals surface area contributed by atoms with Crippen molar-refractivity contribution in [3.63, 3.8) is 0 Å². The summed E-state index contributed by atoms with van der Waals surface area (Å²) in [6, 6.07) is 4.02. The van der Waals surface area contributed by atoms with Crippen molar-refractivity contribution in [2.24, 2.45) is 0 Å². The molecule has 6 heteroatoms. The zero-order valence-corrected chi connectivity index (χ0v) is 11.6. The highest BCUT2D eigenvalue weighted by Crippen LogP contribution is 2.29. The predicted octanol–water partition coefficient (Wildman–Crippen LogP) is 3.82. The normalized spacial score (nSPS) is 23.1. The van der Waals surface area contributed by atoms with Gasteiger partial charge in [0, 0.05) is 17.4 Å². The Morgan fingerprint density at radius 1 is 1.37 bits per heavy atom. The minimum Gasteiger partial charge on any atom is -0.380 e. The third kappa shape index (κ3) is 3.59. The van der Waals surface area contributed by atoms with Crippen LogP contribution in [-0.2, 0) is 0 Å². The van der Waals surface area contributed by atoms with E-state index < -0.39 is 10.7 Å². The summed E-state index contributed by atoms with van der Waals surface area (Å²) >= 11 is 1.89. The molecule has 0 radical (unpaired) electrons. The van der Waals surface area contributed by atoms with Gasteiger partial charge in [-0.2, -0.15) is 11.8 Å². The number of halogens is 1. The van der Waals surface area contributed by atoms with E-state index in [1.54, 1.807) is 0 Å². The van der Waals surface area contributed by atoms with Crippen molar-refractivity contribution < 1.29 is 9.31 Å². The second-order valence-corrected chi connectivity index (χ2v) is 5.91. The van der Waals surface area contributed by atoms with E-state index in [2.05, 4.69) is 11.6 Å². The van der Waals surface area contributed by atoms with Crippen molar-refractivity contribution in [2.45, 2.75) is 37.0 Å². The van der Waals surface area contributed by atoms with E-state index in [-0.39, 0.29) is 11.7 Å². The largest absolute Gasteiger partial charge is 0.380 e. The Bertz CT molecular complexity index is 462. The van der Waals surface area contributed by atoms with E-state index in [1.807, 2.05) is 11.8 Å². The quantitative estimate of drug-likeness (QED) is 0.674.